The summed E-state index contributed by atoms with van der Waals surface area (Å²) >= 11 is 1.13. The molecule has 11 N–H and O–H groups in total. The Labute approximate surface area is 258 Å². The van der Waals surface area contributed by atoms with Crippen molar-refractivity contribution in [3.05, 3.63) is 59.0 Å². The normalized spacial score (nSPS) is 12.5. The summed E-state index contributed by atoms with van der Waals surface area (Å²) in [5, 5.41) is 8.12. The fraction of sp³-hybridized carbons (Fsp3) is 0.333. The minimum Gasteiger partial charge on any atom is -0.370 e. The molecule has 0 unspecified atom stereocenters. The molecule has 15 nitrogen and oxygen atoms in total. The lowest BCUT2D eigenvalue weighted by molar-refractivity contribution is -0.127. The van der Waals surface area contributed by atoms with Crippen molar-refractivity contribution < 1.29 is 22.8 Å². The van der Waals surface area contributed by atoms with Gasteiger partial charge in [0.15, 0.2) is 16.9 Å². The number of nitrogens with one attached hydrogen (secondary N) is 3. The number of hydrogen-bond donors (Lipinski definition) is 7. The number of carbonyl (C=O) groups excluding carboxylic acids is 3. The highest BCUT2D eigenvalue weighted by atomic mass is 32.2. The molecule has 2 atom stereocenters. The minimum atomic E-state index is -4.17. The van der Waals surface area contributed by atoms with Gasteiger partial charge in [-0.1, -0.05) is 36.4 Å². The van der Waals surface area contributed by atoms with Gasteiger partial charge in [-0.15, -0.1) is 11.3 Å². The zero-order chi connectivity index (χ0) is 32.1. The van der Waals surface area contributed by atoms with E-state index in [1.54, 1.807) is 41.8 Å². The molecule has 0 aliphatic heterocycles. The maximum absolute atomic E-state index is 13.4. The number of amides is 2. The summed E-state index contributed by atoms with van der Waals surface area (Å²) in [6.45, 7) is -0.118. The first-order chi connectivity index (χ1) is 21.0. The number of benzene rings is 2. The summed E-state index contributed by atoms with van der Waals surface area (Å²) < 4.78 is 29.3. The highest BCUT2D eigenvalue weighted by Gasteiger charge is 2.28. The standard InChI is InChI=1S/C27H36N10O5S2/c28-26(29)33-12-4-9-19(23(39)25-32-14-15-43-25)36-22(38)16-35-24(40)20(10-5-13-34-27(30)31)37-44(41,42)21-11-3-7-17-6-1-2-8-18(17)21/h1-3,6-8,11,14-15,19-20,37H,4-5,9-10,12-13,16H2,(H,35,40)(H,36,38)(H4,28,29,33)(H4,30,31,34)/t19-,20+/m0/s1. The molecule has 2 amide bonds. The van der Waals surface area contributed by atoms with Gasteiger partial charge in [-0.2, -0.15) is 4.72 Å². The molecule has 0 aliphatic rings. The van der Waals surface area contributed by atoms with Crippen LogP contribution in [0.1, 0.15) is 35.5 Å². The third-order valence-corrected chi connectivity index (χ3v) is 8.58. The highest BCUT2D eigenvalue weighted by Crippen LogP contribution is 2.23. The molecule has 236 valence electrons. The quantitative estimate of drug-likeness (QED) is 0.0430. The lowest BCUT2D eigenvalue weighted by atomic mass is 10.1. The predicted octanol–water partition coefficient (Wildman–Crippen LogP) is -0.466. The van der Waals surface area contributed by atoms with Gasteiger partial charge >= 0.3 is 0 Å². The van der Waals surface area contributed by atoms with E-state index < -0.39 is 46.2 Å². The van der Waals surface area contributed by atoms with Crippen molar-refractivity contribution in [1.82, 2.24) is 20.3 Å². The maximum atomic E-state index is 13.4. The summed E-state index contributed by atoms with van der Waals surface area (Å²) in [6, 6.07) is 9.58. The lowest BCUT2D eigenvalue weighted by Gasteiger charge is -2.20. The second-order valence-electron chi connectivity index (χ2n) is 9.59. The third-order valence-electron chi connectivity index (χ3n) is 6.26. The number of Topliss-reactive ketones (excluding diaryl/α,β-unsaturated/α-hetero) is 1. The molecule has 3 aromatic rings. The number of rotatable bonds is 17. The molecule has 1 heterocycles. The van der Waals surface area contributed by atoms with E-state index in [-0.39, 0.29) is 54.2 Å². The molecule has 1 aromatic heterocycles. The average Bonchev–Trinajstić information content (AvgIpc) is 3.53. The van der Waals surface area contributed by atoms with Crippen LogP contribution < -0.4 is 38.3 Å². The Bertz CT molecular complexity index is 1600. The number of ketones is 1. The van der Waals surface area contributed by atoms with Crippen LogP contribution in [0.25, 0.3) is 10.8 Å². The Morgan fingerprint density at radius 1 is 0.886 bits per heavy atom. The second kappa shape index (κ2) is 16.3. The van der Waals surface area contributed by atoms with Crippen LogP contribution in [-0.2, 0) is 19.6 Å². The molecule has 0 fully saturated rings. The van der Waals surface area contributed by atoms with Crippen molar-refractivity contribution in [2.24, 2.45) is 32.9 Å². The molecule has 44 heavy (non-hydrogen) atoms. The van der Waals surface area contributed by atoms with Gasteiger partial charge < -0.3 is 33.6 Å². The zero-order valence-electron chi connectivity index (χ0n) is 23.8. The second-order valence-corrected chi connectivity index (χ2v) is 12.2. The topological polar surface area (TPSA) is 263 Å². The number of hydrogen-bond acceptors (Lipinski definition) is 9. The van der Waals surface area contributed by atoms with Crippen molar-refractivity contribution in [3.8, 4) is 0 Å². The van der Waals surface area contributed by atoms with E-state index in [1.165, 1.54) is 12.3 Å². The van der Waals surface area contributed by atoms with E-state index in [1.807, 2.05) is 0 Å². The van der Waals surface area contributed by atoms with E-state index in [9.17, 15) is 22.8 Å². The van der Waals surface area contributed by atoms with E-state index in [2.05, 4.69) is 30.3 Å². The average molecular weight is 645 g/mol. The van der Waals surface area contributed by atoms with E-state index >= 15 is 0 Å². The maximum Gasteiger partial charge on any atom is 0.241 e. The summed E-state index contributed by atoms with van der Waals surface area (Å²) in [5.41, 5.74) is 21.4. The first-order valence-electron chi connectivity index (χ1n) is 13.6. The smallest absolute Gasteiger partial charge is 0.241 e. The Balaban J connectivity index is 1.71. The fourth-order valence-corrected chi connectivity index (χ4v) is 6.32. The number of sulfonamides is 1. The number of carbonyl (C=O) groups is 3. The van der Waals surface area contributed by atoms with Crippen molar-refractivity contribution in [3.63, 3.8) is 0 Å². The Hall–Kier alpha value is -4.61. The van der Waals surface area contributed by atoms with Gasteiger partial charge in [0.05, 0.1) is 17.5 Å². The Kier molecular flexibility index (Phi) is 12.5. The number of aromatic nitrogens is 1. The number of nitrogens with zero attached hydrogens (tertiary/aromatic N) is 3. The van der Waals surface area contributed by atoms with Crippen LogP contribution in [0.3, 0.4) is 0 Å². The monoisotopic (exact) mass is 644 g/mol. The lowest BCUT2D eigenvalue weighted by Crippen LogP contribution is -2.50. The van der Waals surface area contributed by atoms with Crippen LogP contribution in [0.15, 0.2) is 68.9 Å². The summed E-state index contributed by atoms with van der Waals surface area (Å²) in [6.07, 6.45) is 2.38. The van der Waals surface area contributed by atoms with Crippen molar-refractivity contribution >= 4 is 61.6 Å². The summed E-state index contributed by atoms with van der Waals surface area (Å²) in [5.74, 6) is -2.04. The molecular weight excluding hydrogens is 608 g/mol. The van der Waals surface area contributed by atoms with Crippen LogP contribution in [0.4, 0.5) is 0 Å². The van der Waals surface area contributed by atoms with Gasteiger partial charge in [-0.05, 0) is 37.1 Å². The first kappa shape index (κ1) is 33.9. The van der Waals surface area contributed by atoms with Gasteiger partial charge in [0.1, 0.15) is 6.04 Å². The number of nitrogens with two attached hydrogens (primary N) is 4. The van der Waals surface area contributed by atoms with Gasteiger partial charge in [-0.3, -0.25) is 24.4 Å². The molecule has 17 heteroatoms. The molecule has 0 aliphatic carbocycles. The first-order valence-corrected chi connectivity index (χ1v) is 16.0. The minimum absolute atomic E-state index is 0.000339. The molecule has 0 spiro atoms. The van der Waals surface area contributed by atoms with Crippen LogP contribution in [0, 0.1) is 0 Å². The van der Waals surface area contributed by atoms with Gasteiger partial charge in [0.25, 0.3) is 0 Å². The van der Waals surface area contributed by atoms with Crippen molar-refractivity contribution in [2.45, 2.75) is 42.7 Å². The SMILES string of the molecule is NC(N)=NCCC[C@H](NC(=O)CNC(=O)[C@@H](CCCN=C(N)N)NS(=O)(=O)c1cccc2ccccc12)C(=O)c1nccs1. The van der Waals surface area contributed by atoms with Crippen molar-refractivity contribution in [1.29, 1.82) is 0 Å². The van der Waals surface area contributed by atoms with Gasteiger partial charge in [0.2, 0.25) is 27.6 Å². The molecule has 3 rings (SSSR count). The number of thiazole rings is 1. The predicted molar refractivity (Wildman–Crippen MR) is 169 cm³/mol. The molecule has 0 saturated carbocycles. The highest BCUT2D eigenvalue weighted by molar-refractivity contribution is 7.89. The van der Waals surface area contributed by atoms with Gasteiger partial charge in [0, 0.05) is 30.1 Å². The van der Waals surface area contributed by atoms with Crippen molar-refractivity contribution in [2.75, 3.05) is 19.6 Å². The number of aliphatic imine (C=N–C) groups is 2. The van der Waals surface area contributed by atoms with E-state index in [0.717, 1.165) is 11.3 Å². The zero-order valence-corrected chi connectivity index (χ0v) is 25.4. The molecule has 0 bridgehead atoms. The van der Waals surface area contributed by atoms with Crippen LogP contribution in [0.2, 0.25) is 0 Å². The summed E-state index contributed by atoms with van der Waals surface area (Å²) in [4.78, 5) is 50.8. The Morgan fingerprint density at radius 2 is 1.52 bits per heavy atom. The number of guanidine groups is 2. The van der Waals surface area contributed by atoms with E-state index in [4.69, 9.17) is 22.9 Å². The molecule has 0 radical (unpaired) electrons. The fourth-order valence-electron chi connectivity index (χ4n) is 4.23. The largest absolute Gasteiger partial charge is 0.370 e. The molecular formula is C27H36N10O5S2. The molecule has 2 aromatic carbocycles. The third kappa shape index (κ3) is 10.3. The van der Waals surface area contributed by atoms with Crippen LogP contribution >= 0.6 is 11.3 Å². The summed E-state index contributed by atoms with van der Waals surface area (Å²) in [7, 11) is -4.17. The van der Waals surface area contributed by atoms with E-state index in [0.29, 0.717) is 17.2 Å². The van der Waals surface area contributed by atoms with Crippen LogP contribution in [0.5, 0.6) is 0 Å². The molecule has 0 saturated heterocycles. The Morgan fingerprint density at radius 3 is 2.16 bits per heavy atom. The number of fused-ring (bicyclic) bond motifs is 1. The van der Waals surface area contributed by atoms with Gasteiger partial charge in [-0.25, -0.2) is 13.4 Å². The van der Waals surface area contributed by atoms with Crippen LogP contribution in [-0.4, -0.2) is 74.6 Å².